The van der Waals surface area contributed by atoms with Crippen molar-refractivity contribution in [3.8, 4) is 0 Å². The molecule has 1 aliphatic heterocycles. The van der Waals surface area contributed by atoms with Crippen molar-refractivity contribution in [1.82, 2.24) is 5.32 Å². The van der Waals surface area contributed by atoms with E-state index in [0.717, 1.165) is 24.8 Å². The van der Waals surface area contributed by atoms with Gasteiger partial charge in [-0.2, -0.15) is 0 Å². The number of sulfonamides is 1. The number of nitrogens with zero attached hydrogens (tertiary/aromatic N) is 1. The predicted molar refractivity (Wildman–Crippen MR) is 93.4 cm³/mol. The van der Waals surface area contributed by atoms with Crippen LogP contribution in [-0.4, -0.2) is 32.7 Å². The van der Waals surface area contributed by atoms with E-state index < -0.39 is 10.0 Å². The van der Waals surface area contributed by atoms with Gasteiger partial charge in [0.25, 0.3) is 5.91 Å². The highest BCUT2D eigenvalue weighted by atomic mass is 32.2. The molecule has 0 bridgehead atoms. The van der Waals surface area contributed by atoms with Crippen molar-refractivity contribution in [1.29, 1.82) is 0 Å². The zero-order chi connectivity index (χ0) is 17.0. The van der Waals surface area contributed by atoms with Crippen LogP contribution in [-0.2, 0) is 10.0 Å². The van der Waals surface area contributed by atoms with E-state index in [4.69, 9.17) is 0 Å². The minimum Gasteiger partial charge on any atom is -0.349 e. The second kappa shape index (κ2) is 7.34. The molecule has 0 aromatic heterocycles. The molecule has 1 aromatic rings. The van der Waals surface area contributed by atoms with Crippen LogP contribution in [0.5, 0.6) is 0 Å². The van der Waals surface area contributed by atoms with E-state index in [9.17, 15) is 13.2 Å². The van der Waals surface area contributed by atoms with E-state index in [2.05, 4.69) is 5.32 Å². The first kappa shape index (κ1) is 17.8. The molecular weight excluding hydrogens is 312 g/mol. The molecule has 0 aliphatic carbocycles. The Morgan fingerprint density at radius 1 is 1.26 bits per heavy atom. The Bertz CT molecular complexity index is 666. The molecule has 0 spiro atoms. The van der Waals surface area contributed by atoms with Gasteiger partial charge in [0.15, 0.2) is 0 Å². The van der Waals surface area contributed by atoms with Crippen molar-refractivity contribution in [3.05, 3.63) is 29.3 Å². The Morgan fingerprint density at radius 3 is 2.57 bits per heavy atom. The third-order valence-corrected chi connectivity index (χ3v) is 6.27. The fraction of sp³-hybridized carbons (Fsp3) is 0.588. The van der Waals surface area contributed by atoms with Gasteiger partial charge in [-0.15, -0.1) is 0 Å². The van der Waals surface area contributed by atoms with Gasteiger partial charge in [0.2, 0.25) is 10.0 Å². The molecule has 2 rings (SSSR count). The quantitative estimate of drug-likeness (QED) is 0.898. The Morgan fingerprint density at radius 2 is 1.96 bits per heavy atom. The molecule has 1 amide bonds. The van der Waals surface area contributed by atoms with Crippen LogP contribution in [0, 0.1) is 6.92 Å². The lowest BCUT2D eigenvalue weighted by Crippen LogP contribution is -2.38. The standard InChI is InChI=1S/C17H26N2O3S/c1-4-15(5-2)18-17(20)14-9-8-13(3)16(12-14)19-10-6-7-11-23(19,21)22/h8-9,12,15H,4-7,10-11H2,1-3H3,(H,18,20). The second-order valence-electron chi connectivity index (χ2n) is 6.08. The number of rotatable bonds is 5. The zero-order valence-electron chi connectivity index (χ0n) is 14.1. The Balaban J connectivity index is 2.30. The summed E-state index contributed by atoms with van der Waals surface area (Å²) >= 11 is 0. The van der Waals surface area contributed by atoms with Crippen LogP contribution in [0.2, 0.25) is 0 Å². The summed E-state index contributed by atoms with van der Waals surface area (Å²) in [6.07, 6.45) is 3.30. The highest BCUT2D eigenvalue weighted by Crippen LogP contribution is 2.28. The van der Waals surface area contributed by atoms with Gasteiger partial charge in [-0.1, -0.05) is 19.9 Å². The number of carbonyl (C=O) groups is 1. The number of aryl methyl sites for hydroxylation is 1. The Hall–Kier alpha value is -1.56. The van der Waals surface area contributed by atoms with Crippen molar-refractivity contribution in [2.45, 2.75) is 52.5 Å². The maximum Gasteiger partial charge on any atom is 0.251 e. The van der Waals surface area contributed by atoms with Crippen LogP contribution in [0.1, 0.15) is 55.5 Å². The SMILES string of the molecule is CCC(CC)NC(=O)c1ccc(C)c(N2CCCCS2(=O)=O)c1. The summed E-state index contributed by atoms with van der Waals surface area (Å²) in [5.41, 5.74) is 2.01. The number of amides is 1. The van der Waals surface area contributed by atoms with E-state index >= 15 is 0 Å². The number of hydrogen-bond donors (Lipinski definition) is 1. The van der Waals surface area contributed by atoms with Gasteiger partial charge in [-0.25, -0.2) is 8.42 Å². The summed E-state index contributed by atoms with van der Waals surface area (Å²) in [4.78, 5) is 12.4. The molecule has 0 unspecified atom stereocenters. The summed E-state index contributed by atoms with van der Waals surface area (Å²) in [6.45, 7) is 6.44. The molecule has 0 atom stereocenters. The smallest absolute Gasteiger partial charge is 0.251 e. The van der Waals surface area contributed by atoms with Crippen LogP contribution in [0.4, 0.5) is 5.69 Å². The average Bonchev–Trinajstić information content (AvgIpc) is 2.53. The van der Waals surface area contributed by atoms with Crippen LogP contribution in [0.15, 0.2) is 18.2 Å². The van der Waals surface area contributed by atoms with E-state index in [1.165, 1.54) is 4.31 Å². The Kier molecular flexibility index (Phi) is 5.68. The number of carbonyl (C=O) groups excluding carboxylic acids is 1. The maximum absolute atomic E-state index is 12.4. The fourth-order valence-electron chi connectivity index (χ4n) is 2.84. The van der Waals surface area contributed by atoms with Crippen molar-refractivity contribution < 1.29 is 13.2 Å². The first-order chi connectivity index (χ1) is 10.9. The van der Waals surface area contributed by atoms with Crippen LogP contribution >= 0.6 is 0 Å². The number of hydrogen-bond acceptors (Lipinski definition) is 3. The van der Waals surface area contributed by atoms with Gasteiger partial charge < -0.3 is 5.32 Å². The normalized spacial score (nSPS) is 17.3. The third-order valence-electron chi connectivity index (χ3n) is 4.41. The molecule has 1 N–H and O–H groups in total. The summed E-state index contributed by atoms with van der Waals surface area (Å²) < 4.78 is 26.1. The van der Waals surface area contributed by atoms with Crippen LogP contribution < -0.4 is 9.62 Å². The molecule has 0 saturated carbocycles. The van der Waals surface area contributed by atoms with E-state index in [0.29, 0.717) is 24.2 Å². The van der Waals surface area contributed by atoms with Gasteiger partial charge in [0.1, 0.15) is 0 Å². The first-order valence-electron chi connectivity index (χ1n) is 8.31. The molecule has 23 heavy (non-hydrogen) atoms. The van der Waals surface area contributed by atoms with Crippen molar-refractivity contribution in [2.75, 3.05) is 16.6 Å². The molecular formula is C17H26N2O3S. The molecule has 1 aliphatic rings. The van der Waals surface area contributed by atoms with Crippen LogP contribution in [0.3, 0.4) is 0 Å². The lowest BCUT2D eigenvalue weighted by Gasteiger charge is -2.29. The topological polar surface area (TPSA) is 66.5 Å². The molecule has 1 aromatic carbocycles. The highest BCUT2D eigenvalue weighted by molar-refractivity contribution is 7.92. The summed E-state index contributed by atoms with van der Waals surface area (Å²) in [5, 5.41) is 3.00. The second-order valence-corrected chi connectivity index (χ2v) is 8.10. The average molecular weight is 338 g/mol. The van der Waals surface area contributed by atoms with Crippen molar-refractivity contribution in [3.63, 3.8) is 0 Å². The maximum atomic E-state index is 12.4. The zero-order valence-corrected chi connectivity index (χ0v) is 14.9. The van der Waals surface area contributed by atoms with Gasteiger partial charge in [0, 0.05) is 18.2 Å². The molecule has 0 radical (unpaired) electrons. The van der Waals surface area contributed by atoms with Gasteiger partial charge in [-0.05, 0) is 50.3 Å². The van der Waals surface area contributed by atoms with Gasteiger partial charge in [-0.3, -0.25) is 9.10 Å². The lowest BCUT2D eigenvalue weighted by molar-refractivity contribution is 0.0935. The van der Waals surface area contributed by atoms with E-state index in [-0.39, 0.29) is 17.7 Å². The number of anilines is 1. The van der Waals surface area contributed by atoms with Crippen LogP contribution in [0.25, 0.3) is 0 Å². The summed E-state index contributed by atoms with van der Waals surface area (Å²) in [5.74, 6) is 0.0331. The van der Waals surface area contributed by atoms with Crippen molar-refractivity contribution in [2.24, 2.45) is 0 Å². The Labute approximate surface area is 139 Å². The van der Waals surface area contributed by atoms with E-state index in [1.807, 2.05) is 26.8 Å². The van der Waals surface area contributed by atoms with E-state index in [1.54, 1.807) is 12.1 Å². The predicted octanol–water partition coefficient (Wildman–Crippen LogP) is 2.84. The number of nitrogens with one attached hydrogen (secondary N) is 1. The summed E-state index contributed by atoms with van der Waals surface area (Å²) in [6, 6.07) is 5.43. The molecule has 5 nitrogen and oxygen atoms in total. The molecule has 128 valence electrons. The van der Waals surface area contributed by atoms with Crippen molar-refractivity contribution >= 4 is 21.6 Å². The fourth-order valence-corrected chi connectivity index (χ4v) is 4.53. The first-order valence-corrected chi connectivity index (χ1v) is 9.92. The summed E-state index contributed by atoms with van der Waals surface area (Å²) in [7, 11) is -3.27. The third kappa shape index (κ3) is 4.05. The lowest BCUT2D eigenvalue weighted by atomic mass is 10.1. The largest absolute Gasteiger partial charge is 0.349 e. The molecule has 1 fully saturated rings. The molecule has 1 saturated heterocycles. The minimum atomic E-state index is -3.27. The van der Waals surface area contributed by atoms with Gasteiger partial charge in [0.05, 0.1) is 11.4 Å². The highest BCUT2D eigenvalue weighted by Gasteiger charge is 2.27. The molecule has 1 heterocycles. The monoisotopic (exact) mass is 338 g/mol. The number of benzene rings is 1. The molecule has 6 heteroatoms. The minimum absolute atomic E-state index is 0.144. The van der Waals surface area contributed by atoms with Gasteiger partial charge >= 0.3 is 0 Å².